The molecule has 2 atom stereocenters. The van der Waals surface area contributed by atoms with E-state index in [0.29, 0.717) is 51.5 Å². The number of aliphatic hydroxyl groups is 1. The molecule has 29 heavy (non-hydrogen) atoms. The Hall–Kier alpha value is -2.38. The predicted octanol–water partition coefficient (Wildman–Crippen LogP) is 2.40. The van der Waals surface area contributed by atoms with Gasteiger partial charge in [0.25, 0.3) is 0 Å². The third kappa shape index (κ3) is 4.62. The molecular weight excluding hydrogens is 370 g/mol. The van der Waals surface area contributed by atoms with Gasteiger partial charge in [0.15, 0.2) is 0 Å². The summed E-state index contributed by atoms with van der Waals surface area (Å²) >= 11 is 0. The first-order valence-electron chi connectivity index (χ1n) is 10.4. The molecule has 0 unspecified atom stereocenters. The second kappa shape index (κ2) is 8.55. The van der Waals surface area contributed by atoms with E-state index in [4.69, 9.17) is 4.74 Å². The fourth-order valence-electron chi connectivity index (χ4n) is 4.33. The molecule has 1 aliphatic carbocycles. The van der Waals surface area contributed by atoms with Crippen LogP contribution in [0.4, 0.5) is 0 Å². The average Bonchev–Trinajstić information content (AvgIpc) is 3.36. The monoisotopic (exact) mass is 399 g/mol. The van der Waals surface area contributed by atoms with Crippen molar-refractivity contribution in [1.29, 1.82) is 0 Å². The molecule has 7 nitrogen and oxygen atoms in total. The van der Waals surface area contributed by atoms with E-state index in [9.17, 15) is 15.0 Å². The first-order valence-corrected chi connectivity index (χ1v) is 10.4. The Labute approximate surface area is 170 Å². The van der Waals surface area contributed by atoms with E-state index in [1.165, 1.54) is 0 Å². The predicted molar refractivity (Wildman–Crippen MR) is 107 cm³/mol. The lowest BCUT2D eigenvalue weighted by atomic mass is 9.73. The molecule has 0 amide bonds. The number of aromatic nitrogens is 2. The fourth-order valence-corrected chi connectivity index (χ4v) is 4.33. The number of carboxylic acids is 1. The molecule has 2 aliphatic rings. The van der Waals surface area contributed by atoms with E-state index in [-0.39, 0.29) is 0 Å². The van der Waals surface area contributed by atoms with Gasteiger partial charge in [-0.05, 0) is 24.8 Å². The number of aliphatic carboxylic acids is 1. The average molecular weight is 399 g/mol. The summed E-state index contributed by atoms with van der Waals surface area (Å²) in [5, 5.41) is 20.5. The van der Waals surface area contributed by atoms with E-state index in [2.05, 4.69) is 9.88 Å². The zero-order chi connectivity index (χ0) is 20.3. The van der Waals surface area contributed by atoms with Gasteiger partial charge >= 0.3 is 5.97 Å². The molecule has 2 fully saturated rings. The van der Waals surface area contributed by atoms with Gasteiger partial charge < -0.3 is 19.5 Å². The third-order valence-electron chi connectivity index (χ3n) is 6.17. The second-order valence-electron chi connectivity index (χ2n) is 8.38. The van der Waals surface area contributed by atoms with Crippen LogP contribution in [0.2, 0.25) is 0 Å². The number of carbonyl (C=O) groups is 1. The Kier molecular flexibility index (Phi) is 5.87. The topological polar surface area (TPSA) is 87.8 Å². The highest BCUT2D eigenvalue weighted by molar-refractivity contribution is 5.76. The van der Waals surface area contributed by atoms with E-state index in [1.807, 2.05) is 35.0 Å². The van der Waals surface area contributed by atoms with Gasteiger partial charge in [0, 0.05) is 37.6 Å². The summed E-state index contributed by atoms with van der Waals surface area (Å²) in [6, 6.07) is 7.91. The quantitative estimate of drug-likeness (QED) is 0.673. The normalized spacial score (nSPS) is 25.1. The van der Waals surface area contributed by atoms with Crippen molar-refractivity contribution in [3.63, 3.8) is 0 Å². The Bertz CT molecular complexity index is 821. The van der Waals surface area contributed by atoms with Gasteiger partial charge in [-0.25, -0.2) is 4.98 Å². The molecule has 1 saturated carbocycles. The number of likely N-dealkylation sites (tertiary alicyclic amines) is 1. The Balaban J connectivity index is 1.42. The van der Waals surface area contributed by atoms with Crippen molar-refractivity contribution in [3.05, 3.63) is 48.5 Å². The van der Waals surface area contributed by atoms with Gasteiger partial charge in [-0.2, -0.15) is 0 Å². The molecule has 4 rings (SSSR count). The molecule has 1 saturated heterocycles. The van der Waals surface area contributed by atoms with Crippen molar-refractivity contribution >= 4 is 5.97 Å². The van der Waals surface area contributed by atoms with E-state index < -0.39 is 17.5 Å². The minimum Gasteiger partial charge on any atom is -0.491 e. The van der Waals surface area contributed by atoms with Crippen LogP contribution in [0.15, 0.2) is 43.0 Å². The lowest BCUT2D eigenvalue weighted by Gasteiger charge is -2.43. The molecule has 2 aromatic rings. The summed E-state index contributed by atoms with van der Waals surface area (Å²) < 4.78 is 7.97. The zero-order valence-electron chi connectivity index (χ0n) is 16.6. The van der Waals surface area contributed by atoms with Crippen LogP contribution in [0, 0.1) is 11.3 Å². The zero-order valence-corrected chi connectivity index (χ0v) is 16.6. The van der Waals surface area contributed by atoms with Gasteiger partial charge in [-0.1, -0.05) is 31.0 Å². The standard InChI is InChI=1S/C22H29N3O4/c26-20-7-9-25(15-22(20,21(27)28)13-17-5-6-17)14-18-3-1-2-4-19(18)29-12-11-24-10-8-23-16-24/h1-4,8,10,16-17,20,26H,5-7,9,11-15H2,(H,27,28)/t20-,22+/m0/s1. The number of benzene rings is 1. The number of ether oxygens (including phenoxy) is 1. The van der Waals surface area contributed by atoms with E-state index in [1.54, 1.807) is 12.5 Å². The van der Waals surface area contributed by atoms with E-state index in [0.717, 1.165) is 24.2 Å². The summed E-state index contributed by atoms with van der Waals surface area (Å²) in [6.45, 7) is 2.93. The number of aliphatic hydroxyl groups excluding tert-OH is 1. The van der Waals surface area contributed by atoms with Gasteiger partial charge in [0.2, 0.25) is 0 Å². The molecule has 0 radical (unpaired) electrons. The number of nitrogens with zero attached hydrogens (tertiary/aromatic N) is 3. The van der Waals surface area contributed by atoms with Crippen molar-refractivity contribution in [3.8, 4) is 5.75 Å². The SMILES string of the molecule is O=C(O)[C@]1(CC2CC2)CN(Cc2ccccc2OCCn2ccnc2)CC[C@@H]1O. The highest BCUT2D eigenvalue weighted by atomic mass is 16.5. The number of piperidine rings is 1. The molecule has 7 heteroatoms. The Morgan fingerprint density at radius 2 is 2.10 bits per heavy atom. The summed E-state index contributed by atoms with van der Waals surface area (Å²) in [4.78, 5) is 18.3. The molecule has 1 aromatic heterocycles. The molecule has 2 heterocycles. The highest BCUT2D eigenvalue weighted by Crippen LogP contribution is 2.45. The number of carboxylic acid groups (broad SMARTS) is 1. The minimum absolute atomic E-state index is 0.378. The fraction of sp³-hybridized carbons (Fsp3) is 0.545. The number of para-hydroxylation sites is 1. The molecular formula is C22H29N3O4. The third-order valence-corrected chi connectivity index (χ3v) is 6.17. The summed E-state index contributed by atoms with van der Waals surface area (Å²) in [6.07, 6.45) is 7.85. The molecule has 156 valence electrons. The molecule has 0 bridgehead atoms. The molecule has 1 aliphatic heterocycles. The number of imidazole rings is 1. The van der Waals surface area contributed by atoms with Crippen LogP contribution in [0.3, 0.4) is 0 Å². The van der Waals surface area contributed by atoms with Crippen LogP contribution in [0.25, 0.3) is 0 Å². The summed E-state index contributed by atoms with van der Waals surface area (Å²) in [7, 11) is 0. The molecule has 2 N–H and O–H groups in total. The maximum Gasteiger partial charge on any atom is 0.313 e. The van der Waals surface area contributed by atoms with Crippen molar-refractivity contribution in [1.82, 2.24) is 14.5 Å². The maximum absolute atomic E-state index is 12.2. The first-order chi connectivity index (χ1) is 14.1. The number of hydrogen-bond donors (Lipinski definition) is 2. The Morgan fingerprint density at radius 3 is 2.83 bits per heavy atom. The van der Waals surface area contributed by atoms with E-state index >= 15 is 0 Å². The molecule has 1 aromatic carbocycles. The lowest BCUT2D eigenvalue weighted by Crippen LogP contribution is -2.56. The smallest absolute Gasteiger partial charge is 0.313 e. The number of rotatable bonds is 9. The van der Waals surface area contributed by atoms with Crippen LogP contribution in [0.5, 0.6) is 5.75 Å². The summed E-state index contributed by atoms with van der Waals surface area (Å²) in [5.41, 5.74) is -0.0170. The van der Waals surface area contributed by atoms with Crippen LogP contribution in [-0.4, -0.2) is 56.4 Å². The van der Waals surface area contributed by atoms with Crippen LogP contribution < -0.4 is 4.74 Å². The van der Waals surface area contributed by atoms with Crippen molar-refractivity contribution in [2.24, 2.45) is 11.3 Å². The largest absolute Gasteiger partial charge is 0.491 e. The number of hydrogen-bond acceptors (Lipinski definition) is 5. The van der Waals surface area contributed by atoms with Gasteiger partial charge in [-0.3, -0.25) is 9.69 Å². The maximum atomic E-state index is 12.2. The lowest BCUT2D eigenvalue weighted by molar-refractivity contribution is -0.165. The van der Waals surface area contributed by atoms with Gasteiger partial charge in [-0.15, -0.1) is 0 Å². The van der Waals surface area contributed by atoms with Crippen LogP contribution >= 0.6 is 0 Å². The van der Waals surface area contributed by atoms with Crippen LogP contribution in [-0.2, 0) is 17.9 Å². The molecule has 0 spiro atoms. The summed E-state index contributed by atoms with van der Waals surface area (Å²) in [5.74, 6) is 0.396. The first kappa shape index (κ1) is 19.9. The van der Waals surface area contributed by atoms with Crippen LogP contribution in [0.1, 0.15) is 31.2 Å². The van der Waals surface area contributed by atoms with Crippen molar-refractivity contribution in [2.45, 2.75) is 44.9 Å². The Morgan fingerprint density at radius 1 is 1.28 bits per heavy atom. The van der Waals surface area contributed by atoms with Gasteiger partial charge in [0.05, 0.1) is 19.0 Å². The van der Waals surface area contributed by atoms with Crippen molar-refractivity contribution in [2.75, 3.05) is 19.7 Å². The second-order valence-corrected chi connectivity index (χ2v) is 8.38. The van der Waals surface area contributed by atoms with Gasteiger partial charge in [0.1, 0.15) is 17.8 Å². The highest BCUT2D eigenvalue weighted by Gasteiger charge is 2.51. The minimum atomic E-state index is -1.06. The van der Waals surface area contributed by atoms with Crippen molar-refractivity contribution < 1.29 is 19.7 Å².